The van der Waals surface area contributed by atoms with Crippen molar-refractivity contribution in [1.82, 2.24) is 20.2 Å². The van der Waals surface area contributed by atoms with Crippen molar-refractivity contribution in [2.45, 2.75) is 5.16 Å². The van der Waals surface area contributed by atoms with E-state index in [-0.39, 0.29) is 11.2 Å². The Morgan fingerprint density at radius 1 is 1.25 bits per heavy atom. The van der Waals surface area contributed by atoms with Crippen LogP contribution in [-0.2, 0) is 4.79 Å². The number of thioether (sulfide) groups is 1. The number of carboxylic acid groups (broad SMARTS) is 1. The van der Waals surface area contributed by atoms with Crippen molar-refractivity contribution in [3.63, 3.8) is 0 Å². The van der Waals surface area contributed by atoms with Gasteiger partial charge < -0.3 is 5.11 Å². The maximum Gasteiger partial charge on any atom is 0.313 e. The number of tetrazole rings is 1. The highest BCUT2D eigenvalue weighted by Gasteiger charge is 2.24. The van der Waals surface area contributed by atoms with E-state index in [4.69, 9.17) is 5.11 Å². The Hall–Kier alpha value is -2.17. The molecule has 0 atom stereocenters. The minimum Gasteiger partial charge on any atom is -0.481 e. The van der Waals surface area contributed by atoms with E-state index in [0.29, 0.717) is 16.4 Å². The van der Waals surface area contributed by atoms with Crippen molar-refractivity contribution in [2.24, 2.45) is 0 Å². The molecule has 106 valence electrons. The zero-order chi connectivity index (χ0) is 14.9. The van der Waals surface area contributed by atoms with Gasteiger partial charge in [0.2, 0.25) is 5.16 Å². The van der Waals surface area contributed by atoms with Crippen LogP contribution in [0.5, 0.6) is 0 Å². The summed E-state index contributed by atoms with van der Waals surface area (Å²) in [6.45, 7) is 0. The Kier molecular flexibility index (Phi) is 3.88. The van der Waals surface area contributed by atoms with Crippen molar-refractivity contribution in [2.75, 3.05) is 5.75 Å². The number of aromatic nitrogens is 4. The minimum atomic E-state index is -1.69. The normalized spacial score (nSPS) is 10.8. The molecule has 2 rings (SSSR count). The molecule has 0 saturated carbocycles. The van der Waals surface area contributed by atoms with Crippen LogP contribution in [0.2, 0.25) is 0 Å². The van der Waals surface area contributed by atoms with Gasteiger partial charge in [0, 0.05) is 6.07 Å². The van der Waals surface area contributed by atoms with Gasteiger partial charge in [-0.15, -0.1) is 5.10 Å². The second-order valence-electron chi connectivity index (χ2n) is 3.37. The number of rotatable bonds is 4. The number of hydrogen-bond acceptors (Lipinski definition) is 5. The molecule has 0 aliphatic heterocycles. The van der Waals surface area contributed by atoms with E-state index in [0.717, 1.165) is 0 Å². The molecule has 1 aromatic carbocycles. The molecule has 0 amide bonds. The fourth-order valence-electron chi connectivity index (χ4n) is 1.28. The van der Waals surface area contributed by atoms with E-state index >= 15 is 0 Å². The largest absolute Gasteiger partial charge is 0.481 e. The first kappa shape index (κ1) is 14.2. The lowest BCUT2D eigenvalue weighted by atomic mass is 10.2. The number of halogens is 4. The highest BCUT2D eigenvalue weighted by molar-refractivity contribution is 7.99. The van der Waals surface area contributed by atoms with Gasteiger partial charge in [-0.2, -0.15) is 4.68 Å². The molecule has 0 spiro atoms. The topological polar surface area (TPSA) is 80.9 Å². The predicted octanol–water partition coefficient (Wildman–Crippen LogP) is 1.40. The quantitative estimate of drug-likeness (QED) is 0.522. The van der Waals surface area contributed by atoms with Crippen LogP contribution in [0.4, 0.5) is 17.6 Å². The van der Waals surface area contributed by atoms with Crippen LogP contribution in [0.25, 0.3) is 5.69 Å². The third kappa shape index (κ3) is 2.57. The molecule has 0 fully saturated rings. The molecule has 1 N–H and O–H groups in total. The first-order valence-electron chi connectivity index (χ1n) is 4.88. The van der Waals surface area contributed by atoms with E-state index in [1.807, 2.05) is 0 Å². The molecule has 2 aromatic rings. The summed E-state index contributed by atoms with van der Waals surface area (Å²) in [5, 5.41) is 17.8. The Labute approximate surface area is 112 Å². The number of hydrogen-bond donors (Lipinski definition) is 1. The van der Waals surface area contributed by atoms with Crippen molar-refractivity contribution < 1.29 is 27.5 Å². The molecule has 0 unspecified atom stereocenters. The highest BCUT2D eigenvalue weighted by Crippen LogP contribution is 2.25. The smallest absolute Gasteiger partial charge is 0.313 e. The third-order valence-corrected chi connectivity index (χ3v) is 2.97. The average molecular weight is 308 g/mol. The van der Waals surface area contributed by atoms with Crippen LogP contribution in [0.15, 0.2) is 11.2 Å². The van der Waals surface area contributed by atoms with Crippen LogP contribution in [0, 0.1) is 23.3 Å². The van der Waals surface area contributed by atoms with Crippen molar-refractivity contribution in [3.05, 3.63) is 29.3 Å². The number of aliphatic carboxylic acids is 1. The lowest BCUT2D eigenvalue weighted by Gasteiger charge is -2.07. The van der Waals surface area contributed by atoms with E-state index in [9.17, 15) is 22.4 Å². The number of carboxylic acids is 1. The van der Waals surface area contributed by atoms with Crippen molar-refractivity contribution in [3.8, 4) is 5.69 Å². The summed E-state index contributed by atoms with van der Waals surface area (Å²) in [6, 6.07) is 0.0442. The summed E-state index contributed by atoms with van der Waals surface area (Å²) >= 11 is 0.535. The lowest BCUT2D eigenvalue weighted by Crippen LogP contribution is -2.10. The Balaban J connectivity index is 2.52. The second-order valence-corrected chi connectivity index (χ2v) is 4.31. The lowest BCUT2D eigenvalue weighted by molar-refractivity contribution is -0.133. The third-order valence-electron chi connectivity index (χ3n) is 2.07. The summed E-state index contributed by atoms with van der Waals surface area (Å²) in [5.74, 6) is -8.34. The maximum atomic E-state index is 13.6. The molecule has 11 heteroatoms. The van der Waals surface area contributed by atoms with Crippen molar-refractivity contribution >= 4 is 17.7 Å². The molecule has 0 saturated heterocycles. The first-order valence-corrected chi connectivity index (χ1v) is 5.86. The fourth-order valence-corrected chi connectivity index (χ4v) is 1.88. The molecule has 20 heavy (non-hydrogen) atoms. The Morgan fingerprint density at radius 2 is 1.85 bits per heavy atom. The summed E-state index contributed by atoms with van der Waals surface area (Å²) in [7, 11) is 0. The maximum absolute atomic E-state index is 13.6. The van der Waals surface area contributed by atoms with Gasteiger partial charge in [-0.25, -0.2) is 17.6 Å². The van der Waals surface area contributed by atoms with Gasteiger partial charge in [-0.1, -0.05) is 11.8 Å². The van der Waals surface area contributed by atoms with Gasteiger partial charge in [0.15, 0.2) is 23.3 Å². The number of nitrogens with zero attached hydrogens (tertiary/aromatic N) is 4. The second kappa shape index (κ2) is 5.45. The zero-order valence-corrected chi connectivity index (χ0v) is 10.2. The molecule has 6 nitrogen and oxygen atoms in total. The van der Waals surface area contributed by atoms with Crippen LogP contribution >= 0.6 is 11.8 Å². The SMILES string of the molecule is O=C(O)CSc1nnnn1-c1c(F)c(F)cc(F)c1F. The zero-order valence-electron chi connectivity index (χ0n) is 9.35. The average Bonchev–Trinajstić information content (AvgIpc) is 2.83. The molecule has 0 aliphatic rings. The van der Waals surface area contributed by atoms with Gasteiger partial charge in [-0.3, -0.25) is 4.79 Å². The van der Waals surface area contributed by atoms with E-state index in [2.05, 4.69) is 15.5 Å². The predicted molar refractivity (Wildman–Crippen MR) is 57.3 cm³/mol. The van der Waals surface area contributed by atoms with Crippen molar-refractivity contribution in [1.29, 1.82) is 0 Å². The standard InChI is InChI=1S/C9H4F4N4O2S/c10-3-1-4(11)7(13)8(6(3)12)17-9(14-15-16-17)20-2-5(18)19/h1H,2H2,(H,18,19). The molecule has 1 aromatic heterocycles. The van der Waals surface area contributed by atoms with E-state index in [1.165, 1.54) is 0 Å². The van der Waals surface area contributed by atoms with Crippen LogP contribution < -0.4 is 0 Å². The molecule has 1 heterocycles. The Bertz CT molecular complexity index is 652. The summed E-state index contributed by atoms with van der Waals surface area (Å²) in [4.78, 5) is 10.4. The van der Waals surface area contributed by atoms with Crippen LogP contribution in [-0.4, -0.2) is 37.0 Å². The van der Waals surface area contributed by atoms with E-state index in [1.54, 1.807) is 0 Å². The summed E-state index contributed by atoms with van der Waals surface area (Å²) in [6.07, 6.45) is 0. The van der Waals surface area contributed by atoms with Gasteiger partial charge in [0.05, 0.1) is 5.75 Å². The van der Waals surface area contributed by atoms with Gasteiger partial charge in [0.25, 0.3) is 0 Å². The summed E-state index contributed by atoms with van der Waals surface area (Å²) < 4.78 is 53.7. The van der Waals surface area contributed by atoms with Crippen LogP contribution in [0.3, 0.4) is 0 Å². The first-order chi connectivity index (χ1) is 9.41. The van der Waals surface area contributed by atoms with Gasteiger partial charge >= 0.3 is 5.97 Å². The Morgan fingerprint density at radius 3 is 2.40 bits per heavy atom. The minimum absolute atomic E-state index is 0.0442. The number of benzene rings is 1. The molecular weight excluding hydrogens is 304 g/mol. The van der Waals surface area contributed by atoms with E-state index < -0.39 is 40.7 Å². The summed E-state index contributed by atoms with van der Waals surface area (Å²) in [5.41, 5.74) is -1.15. The fraction of sp³-hybridized carbons (Fsp3) is 0.111. The molecule has 0 bridgehead atoms. The van der Waals surface area contributed by atoms with Gasteiger partial charge in [0.1, 0.15) is 5.69 Å². The molecule has 0 radical (unpaired) electrons. The molecule has 0 aliphatic carbocycles. The highest BCUT2D eigenvalue weighted by atomic mass is 32.2. The van der Waals surface area contributed by atoms with Crippen LogP contribution in [0.1, 0.15) is 0 Å². The molecular formula is C9H4F4N4O2S. The van der Waals surface area contributed by atoms with Gasteiger partial charge in [-0.05, 0) is 10.4 Å². The number of carbonyl (C=O) groups is 1. The monoisotopic (exact) mass is 308 g/mol.